The number of amides is 2. The molecule has 3 rings (SSSR count). The van der Waals surface area contributed by atoms with Crippen molar-refractivity contribution in [1.82, 2.24) is 10.2 Å². The van der Waals surface area contributed by atoms with E-state index in [1.54, 1.807) is 14.2 Å². The molecule has 130 valence electrons. The Labute approximate surface area is 142 Å². The minimum Gasteiger partial charge on any atom is -0.496 e. The van der Waals surface area contributed by atoms with E-state index in [0.29, 0.717) is 32.4 Å². The molecule has 0 spiro atoms. The number of carbonyl (C=O) groups is 2. The average molecular weight is 331 g/mol. The molecule has 0 saturated carbocycles. The van der Waals surface area contributed by atoms with Crippen molar-refractivity contribution in [3.8, 4) is 5.75 Å². The molecule has 1 atom stereocenters. The summed E-state index contributed by atoms with van der Waals surface area (Å²) in [6, 6.07) is 5.72. The van der Waals surface area contributed by atoms with Gasteiger partial charge in [0.15, 0.2) is 0 Å². The number of rotatable bonds is 3. The Kier molecular flexibility index (Phi) is 4.49. The standard InChI is InChI=1S/C18H25N3O3/c1-20-16(22)12-7-10-21(11-8-12)17(23)18(19)9-6-13-14(18)4-3-5-15(13)24-2/h3-5,12H,6-11,19H2,1-2H3,(H,20,22). The first-order chi connectivity index (χ1) is 11.5. The van der Waals surface area contributed by atoms with Gasteiger partial charge in [-0.25, -0.2) is 0 Å². The number of fused-ring (bicyclic) bond motifs is 1. The first-order valence-electron chi connectivity index (χ1n) is 8.47. The van der Waals surface area contributed by atoms with Crippen molar-refractivity contribution in [3.63, 3.8) is 0 Å². The van der Waals surface area contributed by atoms with Gasteiger partial charge in [0.2, 0.25) is 11.8 Å². The Morgan fingerprint density at radius 1 is 1.33 bits per heavy atom. The molecule has 0 radical (unpaired) electrons. The number of nitrogens with one attached hydrogen (secondary N) is 1. The zero-order chi connectivity index (χ0) is 17.3. The van der Waals surface area contributed by atoms with Crippen molar-refractivity contribution < 1.29 is 14.3 Å². The highest BCUT2D eigenvalue weighted by molar-refractivity contribution is 5.89. The van der Waals surface area contributed by atoms with Gasteiger partial charge >= 0.3 is 0 Å². The number of benzene rings is 1. The van der Waals surface area contributed by atoms with Gasteiger partial charge in [-0.1, -0.05) is 12.1 Å². The molecule has 2 aliphatic rings. The molecule has 6 nitrogen and oxygen atoms in total. The molecule has 1 aliphatic heterocycles. The summed E-state index contributed by atoms with van der Waals surface area (Å²) in [5.41, 5.74) is 7.49. The Bertz CT molecular complexity index is 653. The van der Waals surface area contributed by atoms with Gasteiger partial charge in [0, 0.05) is 26.1 Å². The summed E-state index contributed by atoms with van der Waals surface area (Å²) in [4.78, 5) is 26.6. The Morgan fingerprint density at radius 3 is 2.67 bits per heavy atom. The van der Waals surface area contributed by atoms with Crippen molar-refractivity contribution in [3.05, 3.63) is 29.3 Å². The number of hydrogen-bond acceptors (Lipinski definition) is 4. The zero-order valence-corrected chi connectivity index (χ0v) is 14.3. The van der Waals surface area contributed by atoms with E-state index in [0.717, 1.165) is 23.3 Å². The van der Waals surface area contributed by atoms with Gasteiger partial charge in [-0.2, -0.15) is 0 Å². The first-order valence-corrected chi connectivity index (χ1v) is 8.47. The molecule has 1 heterocycles. The van der Waals surface area contributed by atoms with Crippen LogP contribution in [0.15, 0.2) is 18.2 Å². The van der Waals surface area contributed by atoms with Crippen molar-refractivity contribution >= 4 is 11.8 Å². The fourth-order valence-electron chi connectivity index (χ4n) is 3.94. The quantitative estimate of drug-likeness (QED) is 0.857. The number of piperidine rings is 1. The molecule has 0 bridgehead atoms. The van der Waals surface area contributed by atoms with Gasteiger partial charge < -0.3 is 20.7 Å². The normalized spacial score (nSPS) is 23.7. The van der Waals surface area contributed by atoms with Crippen LogP contribution in [0.25, 0.3) is 0 Å². The summed E-state index contributed by atoms with van der Waals surface area (Å²) in [6.07, 6.45) is 2.71. The maximum absolute atomic E-state index is 13.1. The third kappa shape index (κ3) is 2.65. The molecule has 1 fully saturated rings. The van der Waals surface area contributed by atoms with E-state index in [1.807, 2.05) is 23.1 Å². The van der Waals surface area contributed by atoms with Crippen LogP contribution in [0.1, 0.15) is 30.4 Å². The van der Waals surface area contributed by atoms with Crippen LogP contribution >= 0.6 is 0 Å². The third-order valence-corrected chi connectivity index (χ3v) is 5.38. The fourth-order valence-corrected chi connectivity index (χ4v) is 3.94. The second kappa shape index (κ2) is 6.43. The number of hydrogen-bond donors (Lipinski definition) is 2. The maximum atomic E-state index is 13.1. The summed E-state index contributed by atoms with van der Waals surface area (Å²) in [5, 5.41) is 2.69. The van der Waals surface area contributed by atoms with Crippen LogP contribution in [-0.4, -0.2) is 44.0 Å². The Morgan fingerprint density at radius 2 is 2.04 bits per heavy atom. The number of nitrogens with zero attached hydrogens (tertiary/aromatic N) is 1. The molecule has 2 amide bonds. The van der Waals surface area contributed by atoms with Crippen LogP contribution < -0.4 is 15.8 Å². The third-order valence-electron chi connectivity index (χ3n) is 5.38. The van der Waals surface area contributed by atoms with Crippen LogP contribution in [0.3, 0.4) is 0 Å². The SMILES string of the molecule is CNC(=O)C1CCN(C(=O)C2(N)CCc3c(OC)cccc32)CC1. The summed E-state index contributed by atoms with van der Waals surface area (Å²) in [7, 11) is 3.29. The summed E-state index contributed by atoms with van der Waals surface area (Å²) < 4.78 is 5.40. The topological polar surface area (TPSA) is 84.7 Å². The lowest BCUT2D eigenvalue weighted by atomic mass is 9.89. The summed E-state index contributed by atoms with van der Waals surface area (Å²) >= 11 is 0. The highest BCUT2D eigenvalue weighted by Gasteiger charge is 2.45. The molecular weight excluding hydrogens is 306 g/mol. The van der Waals surface area contributed by atoms with E-state index in [-0.39, 0.29) is 17.7 Å². The molecule has 1 aliphatic carbocycles. The Balaban J connectivity index is 1.77. The van der Waals surface area contributed by atoms with Gasteiger partial charge in [-0.15, -0.1) is 0 Å². The predicted molar refractivity (Wildman–Crippen MR) is 90.6 cm³/mol. The lowest BCUT2D eigenvalue weighted by Gasteiger charge is -2.36. The van der Waals surface area contributed by atoms with Gasteiger partial charge in [0.1, 0.15) is 11.3 Å². The zero-order valence-electron chi connectivity index (χ0n) is 14.3. The second-order valence-electron chi connectivity index (χ2n) is 6.64. The number of ether oxygens (including phenoxy) is 1. The molecule has 0 aromatic heterocycles. The van der Waals surface area contributed by atoms with Crippen molar-refractivity contribution in [2.75, 3.05) is 27.2 Å². The van der Waals surface area contributed by atoms with Gasteiger partial charge in [0.25, 0.3) is 0 Å². The van der Waals surface area contributed by atoms with Crippen LogP contribution in [-0.2, 0) is 21.5 Å². The Hall–Kier alpha value is -2.08. The summed E-state index contributed by atoms with van der Waals surface area (Å²) in [6.45, 7) is 1.16. The molecule has 24 heavy (non-hydrogen) atoms. The van der Waals surface area contributed by atoms with Crippen LogP contribution in [0, 0.1) is 5.92 Å². The smallest absolute Gasteiger partial charge is 0.247 e. The van der Waals surface area contributed by atoms with Crippen LogP contribution in [0.4, 0.5) is 0 Å². The monoisotopic (exact) mass is 331 g/mol. The molecular formula is C18H25N3O3. The van der Waals surface area contributed by atoms with Crippen LogP contribution in [0.2, 0.25) is 0 Å². The lowest BCUT2D eigenvalue weighted by Crippen LogP contribution is -2.54. The second-order valence-corrected chi connectivity index (χ2v) is 6.64. The lowest BCUT2D eigenvalue weighted by molar-refractivity contribution is -0.140. The minimum absolute atomic E-state index is 0.0104. The van der Waals surface area contributed by atoms with Gasteiger partial charge in [-0.3, -0.25) is 9.59 Å². The van der Waals surface area contributed by atoms with Crippen LogP contribution in [0.5, 0.6) is 5.75 Å². The number of carbonyl (C=O) groups excluding carboxylic acids is 2. The molecule has 1 saturated heterocycles. The number of likely N-dealkylation sites (tertiary alicyclic amines) is 1. The number of nitrogens with two attached hydrogens (primary N) is 1. The van der Waals surface area contributed by atoms with Gasteiger partial charge in [-0.05, 0) is 42.9 Å². The minimum atomic E-state index is -0.982. The van der Waals surface area contributed by atoms with E-state index in [4.69, 9.17) is 10.5 Å². The molecule has 3 N–H and O–H groups in total. The molecule has 1 unspecified atom stereocenters. The first kappa shape index (κ1) is 16.8. The highest BCUT2D eigenvalue weighted by Crippen LogP contribution is 2.41. The van der Waals surface area contributed by atoms with Gasteiger partial charge in [0.05, 0.1) is 7.11 Å². The van der Waals surface area contributed by atoms with E-state index < -0.39 is 5.54 Å². The van der Waals surface area contributed by atoms with Crippen molar-refractivity contribution in [2.24, 2.45) is 11.7 Å². The fraction of sp³-hybridized carbons (Fsp3) is 0.556. The maximum Gasteiger partial charge on any atom is 0.247 e. The average Bonchev–Trinajstić information content (AvgIpc) is 2.99. The van der Waals surface area contributed by atoms with E-state index >= 15 is 0 Å². The predicted octanol–water partition coefficient (Wildman–Crippen LogP) is 0.780. The van der Waals surface area contributed by atoms with Crippen molar-refractivity contribution in [2.45, 2.75) is 31.2 Å². The number of methoxy groups -OCH3 is 1. The van der Waals surface area contributed by atoms with Crippen molar-refractivity contribution in [1.29, 1.82) is 0 Å². The molecule has 6 heteroatoms. The highest BCUT2D eigenvalue weighted by atomic mass is 16.5. The van der Waals surface area contributed by atoms with E-state index in [9.17, 15) is 9.59 Å². The molecule has 1 aromatic carbocycles. The van der Waals surface area contributed by atoms with E-state index in [2.05, 4.69) is 5.32 Å². The largest absolute Gasteiger partial charge is 0.496 e. The summed E-state index contributed by atoms with van der Waals surface area (Å²) in [5.74, 6) is 0.806. The van der Waals surface area contributed by atoms with E-state index in [1.165, 1.54) is 0 Å². The molecule has 1 aromatic rings.